The van der Waals surface area contributed by atoms with Crippen molar-refractivity contribution in [1.29, 1.82) is 0 Å². The van der Waals surface area contributed by atoms with Crippen molar-refractivity contribution in [1.82, 2.24) is 9.97 Å². The maximum Gasteiger partial charge on any atom is 0.256 e. The lowest BCUT2D eigenvalue weighted by Crippen LogP contribution is -2.13. The van der Waals surface area contributed by atoms with Crippen LogP contribution < -0.4 is 10.6 Å². The lowest BCUT2D eigenvalue weighted by atomic mass is 10.2. The van der Waals surface area contributed by atoms with Crippen LogP contribution in [-0.4, -0.2) is 15.9 Å². The third-order valence-electron chi connectivity index (χ3n) is 3.34. The van der Waals surface area contributed by atoms with Gasteiger partial charge >= 0.3 is 0 Å². The number of nitrogens with one attached hydrogen (secondary N) is 2. The van der Waals surface area contributed by atoms with Crippen LogP contribution in [0.25, 0.3) is 0 Å². The number of amides is 1. The summed E-state index contributed by atoms with van der Waals surface area (Å²) in [6, 6.07) is 12.9. The maximum absolute atomic E-state index is 13.1. The van der Waals surface area contributed by atoms with Crippen molar-refractivity contribution in [2.24, 2.45) is 0 Å². The quantitative estimate of drug-likeness (QED) is 0.755. The summed E-state index contributed by atoms with van der Waals surface area (Å²) < 4.78 is 13.1. The zero-order valence-corrected chi connectivity index (χ0v) is 12.7. The molecule has 24 heavy (non-hydrogen) atoms. The summed E-state index contributed by atoms with van der Waals surface area (Å²) in [5.41, 5.74) is 2.18. The molecule has 0 saturated heterocycles. The number of benzene rings is 1. The molecule has 0 spiro atoms. The molecule has 5 nitrogen and oxygen atoms in total. The molecule has 120 valence electrons. The van der Waals surface area contributed by atoms with Crippen molar-refractivity contribution < 1.29 is 9.18 Å². The van der Waals surface area contributed by atoms with E-state index in [4.69, 9.17) is 0 Å². The molecule has 0 fully saturated rings. The van der Waals surface area contributed by atoms with E-state index in [9.17, 15) is 9.18 Å². The second-order valence-electron chi connectivity index (χ2n) is 5.11. The van der Waals surface area contributed by atoms with Crippen LogP contribution in [0.3, 0.4) is 0 Å². The summed E-state index contributed by atoms with van der Waals surface area (Å²) in [5, 5.41) is 5.86. The van der Waals surface area contributed by atoms with E-state index in [1.165, 1.54) is 18.2 Å². The number of carbonyl (C=O) groups is 1. The lowest BCUT2D eigenvalue weighted by molar-refractivity contribution is 0.102. The van der Waals surface area contributed by atoms with Crippen molar-refractivity contribution in [2.75, 3.05) is 10.6 Å². The molecule has 3 aromatic rings. The Kier molecular flexibility index (Phi) is 4.76. The first-order chi connectivity index (χ1) is 11.7. The van der Waals surface area contributed by atoms with Crippen LogP contribution in [0, 0.1) is 5.82 Å². The van der Waals surface area contributed by atoms with Crippen LogP contribution >= 0.6 is 0 Å². The molecule has 2 aromatic heterocycles. The van der Waals surface area contributed by atoms with Gasteiger partial charge in [-0.2, -0.15) is 0 Å². The Bertz CT molecular complexity index is 822. The van der Waals surface area contributed by atoms with Crippen molar-refractivity contribution in [3.05, 3.63) is 84.1 Å². The van der Waals surface area contributed by atoms with Crippen molar-refractivity contribution in [3.63, 3.8) is 0 Å². The average Bonchev–Trinajstić information content (AvgIpc) is 2.62. The highest BCUT2D eigenvalue weighted by atomic mass is 19.1. The fourth-order valence-corrected chi connectivity index (χ4v) is 2.10. The number of carbonyl (C=O) groups excluding carboxylic acids is 1. The minimum absolute atomic E-state index is 0.247. The third-order valence-corrected chi connectivity index (χ3v) is 3.34. The second-order valence-corrected chi connectivity index (χ2v) is 5.11. The summed E-state index contributed by atoms with van der Waals surface area (Å²) >= 11 is 0. The average molecular weight is 322 g/mol. The zero-order chi connectivity index (χ0) is 16.8. The first-order valence-electron chi connectivity index (χ1n) is 7.36. The van der Waals surface area contributed by atoms with Crippen LogP contribution in [-0.2, 0) is 6.54 Å². The molecule has 3 rings (SSSR count). The van der Waals surface area contributed by atoms with Crippen molar-refractivity contribution in [3.8, 4) is 0 Å². The predicted octanol–water partition coefficient (Wildman–Crippen LogP) is 3.48. The highest BCUT2D eigenvalue weighted by Gasteiger charge is 2.07. The highest BCUT2D eigenvalue weighted by Crippen LogP contribution is 2.13. The monoisotopic (exact) mass is 322 g/mol. The molecule has 0 saturated carbocycles. The van der Waals surface area contributed by atoms with Gasteiger partial charge in [-0.3, -0.25) is 9.78 Å². The molecule has 0 atom stereocenters. The van der Waals surface area contributed by atoms with E-state index in [0.717, 1.165) is 11.3 Å². The molecule has 2 heterocycles. The molecule has 0 aliphatic rings. The van der Waals surface area contributed by atoms with Gasteiger partial charge in [0.2, 0.25) is 0 Å². The van der Waals surface area contributed by atoms with Crippen LogP contribution in [0.5, 0.6) is 0 Å². The Morgan fingerprint density at radius 2 is 1.92 bits per heavy atom. The number of rotatable bonds is 5. The minimum Gasteiger partial charge on any atom is -0.380 e. The highest BCUT2D eigenvalue weighted by molar-refractivity contribution is 6.03. The molecule has 0 aliphatic carbocycles. The predicted molar refractivity (Wildman–Crippen MR) is 90.2 cm³/mol. The topological polar surface area (TPSA) is 66.9 Å². The molecule has 1 amide bonds. The van der Waals surface area contributed by atoms with E-state index in [-0.39, 0.29) is 5.56 Å². The Balaban J connectivity index is 1.59. The summed E-state index contributed by atoms with van der Waals surface area (Å²) in [6.07, 6.45) is 5.10. The Hall–Kier alpha value is -3.28. The van der Waals surface area contributed by atoms with E-state index >= 15 is 0 Å². The summed E-state index contributed by atoms with van der Waals surface area (Å²) in [5.74, 6) is -0.454. The first-order valence-corrected chi connectivity index (χ1v) is 7.36. The van der Waals surface area contributed by atoms with E-state index in [2.05, 4.69) is 20.6 Å². The Labute approximate surface area is 138 Å². The number of halogens is 1. The van der Waals surface area contributed by atoms with E-state index in [1.54, 1.807) is 30.7 Å². The maximum atomic E-state index is 13.1. The number of anilines is 2. The summed E-state index contributed by atoms with van der Waals surface area (Å²) in [6.45, 7) is 0.652. The SMILES string of the molecule is O=C(Nc1ccc(NCc2ccncc2)cn1)c1cccc(F)c1. The minimum atomic E-state index is -0.453. The molecule has 6 heteroatoms. The smallest absolute Gasteiger partial charge is 0.256 e. The fraction of sp³-hybridized carbons (Fsp3) is 0.0556. The molecule has 2 N–H and O–H groups in total. The lowest BCUT2D eigenvalue weighted by Gasteiger charge is -2.08. The van der Waals surface area contributed by atoms with Crippen LogP contribution in [0.1, 0.15) is 15.9 Å². The van der Waals surface area contributed by atoms with Crippen molar-refractivity contribution >= 4 is 17.4 Å². The van der Waals surface area contributed by atoms with Gasteiger partial charge in [0.15, 0.2) is 0 Å². The number of pyridine rings is 2. The van der Waals surface area contributed by atoms with Gasteiger partial charge in [-0.15, -0.1) is 0 Å². The molecule has 0 aliphatic heterocycles. The Morgan fingerprint density at radius 3 is 2.62 bits per heavy atom. The summed E-state index contributed by atoms with van der Waals surface area (Å²) in [7, 11) is 0. The largest absolute Gasteiger partial charge is 0.380 e. The molecular formula is C18H15FN4O. The Morgan fingerprint density at radius 1 is 1.08 bits per heavy atom. The van der Waals surface area contributed by atoms with E-state index < -0.39 is 11.7 Å². The molecule has 0 bridgehead atoms. The fourth-order valence-electron chi connectivity index (χ4n) is 2.10. The van der Waals surface area contributed by atoms with Gasteiger partial charge in [-0.25, -0.2) is 9.37 Å². The number of nitrogens with zero attached hydrogens (tertiary/aromatic N) is 2. The molecule has 1 aromatic carbocycles. The molecule has 0 unspecified atom stereocenters. The number of hydrogen-bond donors (Lipinski definition) is 2. The molecule has 0 radical (unpaired) electrons. The van der Waals surface area contributed by atoms with Crippen LogP contribution in [0.4, 0.5) is 15.9 Å². The van der Waals surface area contributed by atoms with Gasteiger partial charge in [0.25, 0.3) is 5.91 Å². The first kappa shape index (κ1) is 15.6. The van der Waals surface area contributed by atoms with E-state index in [0.29, 0.717) is 12.4 Å². The van der Waals surface area contributed by atoms with Gasteiger partial charge in [0.1, 0.15) is 11.6 Å². The third kappa shape index (κ3) is 4.13. The van der Waals surface area contributed by atoms with Gasteiger partial charge in [0, 0.05) is 24.5 Å². The van der Waals surface area contributed by atoms with Crippen LogP contribution in [0.2, 0.25) is 0 Å². The van der Waals surface area contributed by atoms with Gasteiger partial charge < -0.3 is 10.6 Å². The normalized spacial score (nSPS) is 10.2. The van der Waals surface area contributed by atoms with Gasteiger partial charge in [0.05, 0.1) is 11.9 Å². The standard InChI is InChI=1S/C18H15FN4O/c19-15-3-1-2-14(10-15)18(24)23-17-5-4-16(12-22-17)21-11-13-6-8-20-9-7-13/h1-10,12,21H,11H2,(H,22,23,24). The number of hydrogen-bond acceptors (Lipinski definition) is 4. The second kappa shape index (κ2) is 7.32. The van der Waals surface area contributed by atoms with Gasteiger partial charge in [-0.05, 0) is 48.0 Å². The van der Waals surface area contributed by atoms with Crippen molar-refractivity contribution in [2.45, 2.75) is 6.54 Å². The summed E-state index contributed by atoms with van der Waals surface area (Å²) in [4.78, 5) is 20.2. The zero-order valence-electron chi connectivity index (χ0n) is 12.7. The molecular weight excluding hydrogens is 307 g/mol. The van der Waals surface area contributed by atoms with Gasteiger partial charge in [-0.1, -0.05) is 6.07 Å². The van der Waals surface area contributed by atoms with Crippen LogP contribution in [0.15, 0.2) is 67.1 Å². The van der Waals surface area contributed by atoms with E-state index in [1.807, 2.05) is 18.2 Å². The number of aromatic nitrogens is 2.